The molecule has 2 unspecified atom stereocenters. The van der Waals surface area contributed by atoms with Gasteiger partial charge in [0.15, 0.2) is 0 Å². The van der Waals surface area contributed by atoms with Crippen LogP contribution in [0.2, 0.25) is 0 Å². The average Bonchev–Trinajstić information content (AvgIpc) is 1.55. The second-order valence-electron chi connectivity index (χ2n) is 33.8. The van der Waals surface area contributed by atoms with E-state index in [4.69, 9.17) is 24.4 Å². The molecule has 2 atom stereocenters. The Morgan fingerprint density at radius 3 is 1.00 bits per heavy atom. The molecule has 2 amide bonds. The van der Waals surface area contributed by atoms with Gasteiger partial charge in [-0.1, -0.05) is 284 Å². The molecule has 0 radical (unpaired) electrons. The Bertz CT molecular complexity index is 4990. The molecule has 0 aliphatic carbocycles. The molecule has 4 nitrogen and oxygen atoms in total. The summed E-state index contributed by atoms with van der Waals surface area (Å²) >= 11 is 32.9. The largest absolute Gasteiger partial charge is 0.293 e. The molecule has 13 rings (SSSR count). The van der Waals surface area contributed by atoms with Crippen LogP contribution >= 0.6 is 161 Å². The number of hydrogen-bond donors (Lipinski definition) is 0. The number of aryl methyl sites for hydroxylation is 4. The van der Waals surface area contributed by atoms with Crippen molar-refractivity contribution in [2.45, 2.75) is 313 Å². The van der Waals surface area contributed by atoms with Crippen LogP contribution in [0.3, 0.4) is 0 Å². The molecule has 10 aromatic heterocycles. The van der Waals surface area contributed by atoms with Gasteiger partial charge >= 0.3 is 0 Å². The number of amides is 2. The van der Waals surface area contributed by atoms with Crippen molar-refractivity contribution < 1.29 is 18.4 Å². The van der Waals surface area contributed by atoms with Crippen molar-refractivity contribution >= 4 is 214 Å². The summed E-state index contributed by atoms with van der Waals surface area (Å²) in [5, 5.41) is 2.24. The lowest BCUT2D eigenvalue weighted by atomic mass is 9.95. The van der Waals surface area contributed by atoms with Gasteiger partial charge in [0.1, 0.15) is 20.3 Å². The molecule has 2 saturated heterocycles. The van der Waals surface area contributed by atoms with Gasteiger partial charge in [-0.3, -0.25) is 19.4 Å². The molecule has 1 aromatic carbocycles. The number of rotatable bonds is 52. The van der Waals surface area contributed by atoms with E-state index < -0.39 is 0 Å². The van der Waals surface area contributed by atoms with Crippen LogP contribution in [-0.4, -0.2) is 43.3 Å². The second kappa shape index (κ2) is 47.5. The minimum atomic E-state index is -0.103. The Morgan fingerprint density at radius 2 is 0.656 bits per heavy atom. The van der Waals surface area contributed by atoms with E-state index >= 15 is 8.78 Å². The Kier molecular flexibility index (Phi) is 37.1. The lowest BCUT2D eigenvalue weighted by molar-refractivity contribution is -0.123. The number of thiocarbonyl (C=S) groups is 2. The van der Waals surface area contributed by atoms with Gasteiger partial charge in [0, 0.05) is 132 Å². The SMILES string of the molecule is CCCCCCc1cc(-c2cc3c(-c4cc(F)c(CC(CC)CCCC)s4)c4sc(-c5cc(CCCCCC)c(-c6cc(CCCCCC)c(-c7ccc(/C=C8/SC(=S)N(CCCCCC)C8=O)s7)s6)s5)cc4c(-c4cc(F)c(CC(CC)CCCC)s4)c3s2)sc1-c1cc(CCCCCC)c(-c2ccc(/C=C3\SC(=S)N(CCCCCC)C3=O)s2)s1. The highest BCUT2D eigenvalue weighted by atomic mass is 32.2. The number of benzene rings is 1. The molecule has 2 fully saturated rings. The Labute approximate surface area is 787 Å². The van der Waals surface area contributed by atoms with E-state index in [1.54, 1.807) is 45.3 Å². The summed E-state index contributed by atoms with van der Waals surface area (Å²) in [5.41, 5.74) is 7.80. The predicted octanol–water partition coefficient (Wildman–Crippen LogP) is 37.8. The van der Waals surface area contributed by atoms with Crippen molar-refractivity contribution in [2.75, 3.05) is 13.1 Å². The third-order valence-electron chi connectivity index (χ3n) is 24.3. The lowest BCUT2D eigenvalue weighted by Crippen LogP contribution is -2.28. The van der Waals surface area contributed by atoms with E-state index in [9.17, 15) is 9.59 Å². The molecule has 0 saturated carbocycles. The third kappa shape index (κ3) is 23.7. The van der Waals surface area contributed by atoms with E-state index in [1.807, 2.05) is 90.0 Å². The van der Waals surface area contributed by atoms with Crippen molar-refractivity contribution in [3.8, 4) is 79.4 Å². The number of hydrogen-bond acceptors (Lipinski definition) is 16. The predicted molar refractivity (Wildman–Crippen MR) is 557 cm³/mol. The normalized spacial score (nSPS) is 14.7. The summed E-state index contributed by atoms with van der Waals surface area (Å²) in [6, 6.07) is 27.8. The number of halogens is 2. The minimum absolute atomic E-state index is 0.0318. The van der Waals surface area contributed by atoms with Crippen LogP contribution in [0.4, 0.5) is 8.78 Å². The summed E-state index contributed by atoms with van der Waals surface area (Å²) in [6.07, 6.45) is 45.8. The van der Waals surface area contributed by atoms with Crippen LogP contribution in [0.5, 0.6) is 0 Å². The van der Waals surface area contributed by atoms with E-state index in [2.05, 4.69) is 142 Å². The fourth-order valence-electron chi connectivity index (χ4n) is 17.1. The number of unbranched alkanes of at least 4 members (excludes halogenated alkanes) is 20. The van der Waals surface area contributed by atoms with Gasteiger partial charge in [0.05, 0.1) is 9.81 Å². The zero-order valence-corrected chi connectivity index (χ0v) is 85.1. The van der Waals surface area contributed by atoms with Crippen LogP contribution in [0.25, 0.3) is 112 Å². The Hall–Kier alpha value is -4.10. The maximum Gasteiger partial charge on any atom is 0.266 e. The van der Waals surface area contributed by atoms with Crippen LogP contribution in [0, 0.1) is 23.5 Å². The number of fused-ring (bicyclic) bond motifs is 2. The molecule has 654 valence electrons. The van der Waals surface area contributed by atoms with E-state index in [1.165, 1.54) is 181 Å². The van der Waals surface area contributed by atoms with Gasteiger partial charge in [-0.2, -0.15) is 0 Å². The van der Waals surface area contributed by atoms with Crippen LogP contribution in [0.15, 0.2) is 82.6 Å². The lowest BCUT2D eigenvalue weighted by Gasteiger charge is -2.13. The molecular formula is C102H126F2N2O2S14. The monoisotopic (exact) mass is 1900 g/mol. The molecule has 11 aromatic rings. The van der Waals surface area contributed by atoms with Crippen molar-refractivity contribution in [3.63, 3.8) is 0 Å². The van der Waals surface area contributed by atoms with Crippen molar-refractivity contribution in [1.29, 1.82) is 0 Å². The van der Waals surface area contributed by atoms with E-state index in [-0.39, 0.29) is 23.4 Å². The number of carbonyl (C=O) groups excluding carboxylic acids is 2. The summed E-state index contributed by atoms with van der Waals surface area (Å²) in [6.45, 7) is 24.0. The van der Waals surface area contributed by atoms with Crippen LogP contribution in [0.1, 0.15) is 316 Å². The van der Waals surface area contributed by atoms with Gasteiger partial charge < -0.3 is 0 Å². The maximum atomic E-state index is 17.5. The first-order valence-corrected chi connectivity index (χ1v) is 57.0. The number of thiophene rings is 10. The topological polar surface area (TPSA) is 40.6 Å². The van der Waals surface area contributed by atoms with Crippen molar-refractivity contribution in [3.05, 3.63) is 136 Å². The standard InChI is InChI=1S/C102H126F2N2O2S14/c1-11-21-29-35-43-67-55-81(115-95(67)87-57-69(45-37-31-23-13-3)93(119-87)77-49-47-71(111-77)59-89-99(107)105(101(109)121-89)51-39-33-25-15-5)83-61-73-91(85-63-75(103)79(113-85)53-65(19-9)41-27-17-7)98-74(92(97(73)117-83)86-64-76(104)80(114-86)54-66(20-10)42-28-18-8)62-84(118-98)82-56-68(44-36-30-22-12-2)96(116-82)88-58-70(46-38-32-24-14-4)94(120-88)78-50-48-72(112-78)60-90-100(108)106(102(110)122-90)52-40-34-26-16-6/h47-50,55-66H,11-46,51-54H2,1-10H3/b89-59-,90-60+. The molecule has 0 bridgehead atoms. The highest BCUT2D eigenvalue weighted by molar-refractivity contribution is 8.27. The number of thioether (sulfide) groups is 2. The first-order chi connectivity index (χ1) is 59.5. The quantitative estimate of drug-likeness (QED) is 0.0215. The van der Waals surface area contributed by atoms with Crippen molar-refractivity contribution in [2.24, 2.45) is 11.8 Å². The Morgan fingerprint density at radius 1 is 0.336 bits per heavy atom. The average molecular weight is 1900 g/mol. The summed E-state index contributed by atoms with van der Waals surface area (Å²) in [4.78, 5) is 54.0. The summed E-state index contributed by atoms with van der Waals surface area (Å²) in [5.74, 6) is 0.649. The molecule has 2 aliphatic rings. The summed E-state index contributed by atoms with van der Waals surface area (Å²) < 4.78 is 38.7. The molecular weight excluding hydrogens is 1770 g/mol. The van der Waals surface area contributed by atoms with Crippen LogP contribution < -0.4 is 0 Å². The van der Waals surface area contributed by atoms with Crippen molar-refractivity contribution in [1.82, 2.24) is 9.80 Å². The molecule has 0 spiro atoms. The molecule has 20 heteroatoms. The number of nitrogens with zero attached hydrogens (tertiary/aromatic N) is 2. The molecule has 12 heterocycles. The van der Waals surface area contributed by atoms with E-state index in [0.29, 0.717) is 43.4 Å². The highest BCUT2D eigenvalue weighted by Gasteiger charge is 2.35. The van der Waals surface area contributed by atoms with Crippen LogP contribution in [-0.2, 0) is 48.1 Å². The van der Waals surface area contributed by atoms with Gasteiger partial charge in [-0.05, 0) is 196 Å². The smallest absolute Gasteiger partial charge is 0.266 e. The fourth-order valence-corrected chi connectivity index (χ4v) is 32.4. The minimum Gasteiger partial charge on any atom is -0.293 e. The Balaban J connectivity index is 0.967. The highest BCUT2D eigenvalue weighted by Crippen LogP contribution is 2.58. The first-order valence-electron chi connectivity index (χ1n) is 46.4. The van der Waals surface area contributed by atoms with E-state index in [0.717, 1.165) is 228 Å². The molecule has 122 heavy (non-hydrogen) atoms. The fraction of sp³-hybridized carbons (Fsp3) is 0.510. The zero-order chi connectivity index (χ0) is 85.8. The zero-order valence-electron chi connectivity index (χ0n) is 73.7. The molecule has 0 N–H and O–H groups in total. The van der Waals surface area contributed by atoms with Gasteiger partial charge in [0.25, 0.3) is 11.8 Å². The van der Waals surface area contributed by atoms with Gasteiger partial charge in [0.2, 0.25) is 0 Å². The van der Waals surface area contributed by atoms with Gasteiger partial charge in [-0.25, -0.2) is 8.78 Å². The maximum absolute atomic E-state index is 17.5. The molecule has 2 aliphatic heterocycles. The second-order valence-corrected chi connectivity index (χ2v) is 47.9. The summed E-state index contributed by atoms with van der Waals surface area (Å²) in [7, 11) is 0. The third-order valence-corrected chi connectivity index (χ3v) is 39.6. The first kappa shape index (κ1) is 95.5. The van der Waals surface area contributed by atoms with Gasteiger partial charge in [-0.15, -0.1) is 113 Å². The number of carbonyl (C=O) groups is 2.